The first kappa shape index (κ1) is 21.8. The van der Waals surface area contributed by atoms with Crippen molar-refractivity contribution in [2.45, 2.75) is 13.5 Å². The van der Waals surface area contributed by atoms with E-state index in [1.807, 2.05) is 31.2 Å². The number of methoxy groups -OCH3 is 1. The minimum atomic E-state index is -0.446. The lowest BCUT2D eigenvalue weighted by Crippen LogP contribution is -2.14. The summed E-state index contributed by atoms with van der Waals surface area (Å²) in [6.45, 7) is 2.02. The van der Waals surface area contributed by atoms with Gasteiger partial charge in [0, 0.05) is 11.3 Å². The molecule has 0 bridgehead atoms. The number of carbonyl (C=O) groups excluding carboxylic acids is 2. The highest BCUT2D eigenvalue weighted by atomic mass is 16.5. The van der Waals surface area contributed by atoms with Gasteiger partial charge in [0.1, 0.15) is 5.75 Å². The number of nitrogens with one attached hydrogen (secondary N) is 1. The summed E-state index contributed by atoms with van der Waals surface area (Å²) in [4.78, 5) is 28.7. The molecule has 4 aromatic rings. The third-order valence-electron chi connectivity index (χ3n) is 4.82. The third kappa shape index (κ3) is 5.24. The number of rotatable bonds is 7. The number of hydrogen-bond acceptors (Lipinski definition) is 7. The fraction of sp³-hybridized carbons (Fsp3) is 0.120. The van der Waals surface area contributed by atoms with Gasteiger partial charge < -0.3 is 19.3 Å². The molecular formula is C25H21N3O5. The normalized spacial score (nSPS) is 10.5. The average Bonchev–Trinajstić information content (AvgIpc) is 3.32. The monoisotopic (exact) mass is 443 g/mol. The van der Waals surface area contributed by atoms with Gasteiger partial charge in [-0.25, -0.2) is 4.79 Å². The molecule has 0 spiro atoms. The first-order valence-corrected chi connectivity index (χ1v) is 10.1. The summed E-state index contributed by atoms with van der Waals surface area (Å²) < 4.78 is 15.8. The van der Waals surface area contributed by atoms with Crippen LogP contribution >= 0.6 is 0 Å². The second-order valence-electron chi connectivity index (χ2n) is 7.19. The summed E-state index contributed by atoms with van der Waals surface area (Å²) in [5.74, 6) is 0.325. The molecule has 0 atom stereocenters. The predicted molar refractivity (Wildman–Crippen MR) is 121 cm³/mol. The van der Waals surface area contributed by atoms with E-state index in [1.165, 1.54) is 7.11 Å². The number of ether oxygens (including phenoxy) is 2. The molecular weight excluding hydrogens is 422 g/mol. The molecule has 0 fully saturated rings. The van der Waals surface area contributed by atoms with Crippen molar-refractivity contribution in [1.82, 2.24) is 10.1 Å². The highest BCUT2D eigenvalue weighted by Gasteiger charge is 2.15. The van der Waals surface area contributed by atoms with Crippen LogP contribution in [0.2, 0.25) is 0 Å². The number of anilines is 1. The maximum atomic E-state index is 12.8. The number of aromatic nitrogens is 2. The number of hydrogen-bond donors (Lipinski definition) is 1. The molecule has 1 aromatic heterocycles. The zero-order chi connectivity index (χ0) is 23.2. The zero-order valence-electron chi connectivity index (χ0n) is 18.1. The Bertz CT molecular complexity index is 1260. The van der Waals surface area contributed by atoms with Crippen molar-refractivity contribution < 1.29 is 23.6 Å². The van der Waals surface area contributed by atoms with Gasteiger partial charge in [-0.1, -0.05) is 47.1 Å². The largest absolute Gasteiger partial charge is 0.483 e. The molecule has 0 unspecified atom stereocenters. The molecule has 8 heteroatoms. The minimum absolute atomic E-state index is 0.0109. The Balaban J connectivity index is 1.43. The Morgan fingerprint density at radius 1 is 0.970 bits per heavy atom. The van der Waals surface area contributed by atoms with E-state index < -0.39 is 5.97 Å². The molecule has 1 amide bonds. The van der Waals surface area contributed by atoms with Crippen molar-refractivity contribution >= 4 is 17.6 Å². The van der Waals surface area contributed by atoms with Crippen LogP contribution in [0.1, 0.15) is 32.2 Å². The lowest BCUT2D eigenvalue weighted by Gasteiger charge is -2.11. The number of esters is 1. The molecule has 166 valence electrons. The Labute approximate surface area is 190 Å². The molecule has 0 radical (unpaired) electrons. The Morgan fingerprint density at radius 3 is 2.42 bits per heavy atom. The zero-order valence-corrected chi connectivity index (χ0v) is 18.1. The van der Waals surface area contributed by atoms with Gasteiger partial charge in [-0.05, 0) is 43.3 Å². The maximum Gasteiger partial charge on any atom is 0.337 e. The number of benzene rings is 3. The summed E-state index contributed by atoms with van der Waals surface area (Å²) in [5.41, 5.74) is 3.24. The quantitative estimate of drug-likeness (QED) is 0.414. The van der Waals surface area contributed by atoms with Crippen LogP contribution in [0.25, 0.3) is 11.4 Å². The van der Waals surface area contributed by atoms with E-state index in [0.29, 0.717) is 34.3 Å². The van der Waals surface area contributed by atoms with Gasteiger partial charge in [0.2, 0.25) is 5.82 Å². The number of carbonyl (C=O) groups is 2. The maximum absolute atomic E-state index is 12.8. The standard InChI is InChI=1S/C25H21N3O5/c1-16-7-9-17(10-8-16)23-27-22(33-28-23)15-32-21-6-4-3-5-20(21)24(29)26-19-13-11-18(12-14-19)25(30)31-2/h3-14H,15H2,1-2H3,(H,26,29). The molecule has 8 nitrogen and oxygen atoms in total. The molecule has 0 aliphatic heterocycles. The molecule has 33 heavy (non-hydrogen) atoms. The minimum Gasteiger partial charge on any atom is -0.483 e. The van der Waals surface area contributed by atoms with Gasteiger partial charge in [0.25, 0.3) is 11.8 Å². The van der Waals surface area contributed by atoms with Crippen molar-refractivity contribution in [2.75, 3.05) is 12.4 Å². The number of para-hydroxylation sites is 1. The average molecular weight is 443 g/mol. The third-order valence-corrected chi connectivity index (χ3v) is 4.82. The van der Waals surface area contributed by atoms with E-state index in [-0.39, 0.29) is 12.5 Å². The van der Waals surface area contributed by atoms with Crippen LogP contribution in [0.4, 0.5) is 5.69 Å². The first-order chi connectivity index (χ1) is 16.0. The molecule has 0 aliphatic carbocycles. The van der Waals surface area contributed by atoms with Gasteiger partial charge in [0.05, 0.1) is 18.2 Å². The van der Waals surface area contributed by atoms with Crippen LogP contribution in [0.3, 0.4) is 0 Å². The van der Waals surface area contributed by atoms with E-state index in [4.69, 9.17) is 9.26 Å². The van der Waals surface area contributed by atoms with Crippen LogP contribution in [-0.4, -0.2) is 29.1 Å². The summed E-state index contributed by atoms with van der Waals surface area (Å²) in [5, 5.41) is 6.78. The second-order valence-corrected chi connectivity index (χ2v) is 7.19. The second kappa shape index (κ2) is 9.78. The molecule has 0 saturated carbocycles. The number of nitrogens with zero attached hydrogens (tertiary/aromatic N) is 2. The van der Waals surface area contributed by atoms with Crippen LogP contribution in [0.15, 0.2) is 77.3 Å². The fourth-order valence-electron chi connectivity index (χ4n) is 3.06. The first-order valence-electron chi connectivity index (χ1n) is 10.1. The van der Waals surface area contributed by atoms with Crippen LogP contribution < -0.4 is 10.1 Å². The van der Waals surface area contributed by atoms with Crippen LogP contribution in [0.5, 0.6) is 5.75 Å². The summed E-state index contributed by atoms with van der Waals surface area (Å²) >= 11 is 0. The van der Waals surface area contributed by atoms with Crippen molar-refractivity contribution in [3.8, 4) is 17.1 Å². The Morgan fingerprint density at radius 2 is 1.70 bits per heavy atom. The lowest BCUT2D eigenvalue weighted by atomic mass is 10.1. The van der Waals surface area contributed by atoms with E-state index in [2.05, 4.69) is 20.2 Å². The molecule has 1 N–H and O–H groups in total. The Hall–Kier alpha value is -4.46. The predicted octanol–water partition coefficient (Wildman–Crippen LogP) is 4.66. The van der Waals surface area contributed by atoms with Crippen molar-refractivity contribution in [3.05, 3.63) is 95.4 Å². The van der Waals surface area contributed by atoms with E-state index in [9.17, 15) is 9.59 Å². The fourth-order valence-corrected chi connectivity index (χ4v) is 3.06. The number of aryl methyl sites for hydroxylation is 1. The van der Waals surface area contributed by atoms with Crippen LogP contribution in [-0.2, 0) is 11.3 Å². The van der Waals surface area contributed by atoms with Gasteiger partial charge in [-0.2, -0.15) is 4.98 Å². The highest BCUT2D eigenvalue weighted by molar-refractivity contribution is 6.06. The van der Waals surface area contributed by atoms with Gasteiger partial charge in [-0.3, -0.25) is 4.79 Å². The van der Waals surface area contributed by atoms with Gasteiger partial charge in [-0.15, -0.1) is 0 Å². The Kier molecular flexibility index (Phi) is 6.45. The molecule has 1 heterocycles. The van der Waals surface area contributed by atoms with E-state index in [1.54, 1.807) is 48.5 Å². The SMILES string of the molecule is COC(=O)c1ccc(NC(=O)c2ccccc2OCc2nc(-c3ccc(C)cc3)no2)cc1. The summed E-state index contributed by atoms with van der Waals surface area (Å²) in [7, 11) is 1.31. The molecule has 0 saturated heterocycles. The molecule has 3 aromatic carbocycles. The topological polar surface area (TPSA) is 104 Å². The summed E-state index contributed by atoms with van der Waals surface area (Å²) in [6.07, 6.45) is 0. The molecule has 0 aliphatic rings. The van der Waals surface area contributed by atoms with Gasteiger partial charge in [0.15, 0.2) is 6.61 Å². The molecule has 4 rings (SSSR count). The highest BCUT2D eigenvalue weighted by Crippen LogP contribution is 2.22. The van der Waals surface area contributed by atoms with Crippen molar-refractivity contribution in [2.24, 2.45) is 0 Å². The number of amides is 1. The van der Waals surface area contributed by atoms with E-state index >= 15 is 0 Å². The van der Waals surface area contributed by atoms with Crippen molar-refractivity contribution in [3.63, 3.8) is 0 Å². The van der Waals surface area contributed by atoms with Crippen LogP contribution in [0, 0.1) is 6.92 Å². The van der Waals surface area contributed by atoms with E-state index in [0.717, 1.165) is 11.1 Å². The van der Waals surface area contributed by atoms with Crippen molar-refractivity contribution in [1.29, 1.82) is 0 Å². The smallest absolute Gasteiger partial charge is 0.337 e. The van der Waals surface area contributed by atoms with Gasteiger partial charge >= 0.3 is 5.97 Å². The lowest BCUT2D eigenvalue weighted by molar-refractivity contribution is 0.0600. The summed E-state index contributed by atoms with van der Waals surface area (Å²) in [6, 6.07) is 21.0.